The molecule has 0 amide bonds. The van der Waals surface area contributed by atoms with Crippen molar-refractivity contribution in [2.24, 2.45) is 30.7 Å². The fourth-order valence-corrected chi connectivity index (χ4v) is 6.86. The van der Waals surface area contributed by atoms with Gasteiger partial charge < -0.3 is 10.0 Å². The van der Waals surface area contributed by atoms with Gasteiger partial charge in [-0.15, -0.1) is 0 Å². The van der Waals surface area contributed by atoms with Crippen LogP contribution < -0.4 is 0 Å². The quantitative estimate of drug-likeness (QED) is 0.317. The molecule has 3 aromatic rings. The molecule has 0 spiro atoms. The van der Waals surface area contributed by atoms with Crippen molar-refractivity contribution in [3.8, 4) is 0 Å². The van der Waals surface area contributed by atoms with Gasteiger partial charge in [-0.05, 0) is 93.1 Å². The molecule has 1 aromatic heterocycles. The number of benzene rings is 2. The Hall–Kier alpha value is -2.99. The average molecular weight is 546 g/mol. The van der Waals surface area contributed by atoms with Crippen LogP contribution >= 0.6 is 0 Å². The Balaban J connectivity index is 0.000000403. The molecule has 3 atom stereocenters. The molecule has 0 radical (unpaired) electrons. The van der Waals surface area contributed by atoms with E-state index >= 15 is 0 Å². The van der Waals surface area contributed by atoms with Crippen LogP contribution in [0.15, 0.2) is 66.7 Å². The topological polar surface area (TPSA) is 58.4 Å². The first-order chi connectivity index (χ1) is 19.4. The van der Waals surface area contributed by atoms with Gasteiger partial charge in [0.05, 0.1) is 11.6 Å². The summed E-state index contributed by atoms with van der Waals surface area (Å²) in [6, 6.07) is 20.9. The van der Waals surface area contributed by atoms with Gasteiger partial charge in [0, 0.05) is 31.6 Å². The summed E-state index contributed by atoms with van der Waals surface area (Å²) < 4.78 is 14.0. The average Bonchev–Trinajstić information content (AvgIpc) is 3.55. The smallest absolute Gasteiger partial charge is 0.306 e. The van der Waals surface area contributed by atoms with Crippen LogP contribution in [0.1, 0.15) is 74.2 Å². The minimum absolute atomic E-state index is 0.0943. The fraction of sp³-hybridized carbons (Fsp3) is 0.529. The SMILES string of the molecule is Cn1nc(Cc2ccccc2)cc1C1CCN(CC2CCC(C(CC3CC3)C(=O)O)C2)CC1.Fc1ccccc1. The highest BCUT2D eigenvalue weighted by Gasteiger charge is 2.39. The molecule has 2 heterocycles. The van der Waals surface area contributed by atoms with Crippen molar-refractivity contribution in [2.45, 2.75) is 63.7 Å². The highest BCUT2D eigenvalue weighted by Crippen LogP contribution is 2.44. The fourth-order valence-electron chi connectivity index (χ4n) is 6.86. The number of aromatic nitrogens is 2. The van der Waals surface area contributed by atoms with E-state index in [2.05, 4.69) is 53.0 Å². The third-order valence-electron chi connectivity index (χ3n) is 9.20. The standard InChI is InChI=1S/C28H39N3O2.C6H5F/c1-30-27(18-25(29-30)16-20-5-3-2-4-6-20)23-11-13-31(14-12-23)19-22-9-10-24(15-22)26(28(32)33)17-21-7-8-21;7-6-4-2-1-3-5-6/h2-6,18,21-24,26H,7-17,19H2,1H3,(H,32,33);1-5H. The molecule has 214 valence electrons. The number of hydrogen-bond donors (Lipinski definition) is 1. The normalized spacial score (nSPS) is 22.4. The minimum atomic E-state index is -0.545. The second-order valence-corrected chi connectivity index (χ2v) is 12.3. The third kappa shape index (κ3) is 8.03. The number of hydrogen-bond acceptors (Lipinski definition) is 3. The minimum Gasteiger partial charge on any atom is -0.481 e. The Morgan fingerprint density at radius 2 is 1.60 bits per heavy atom. The van der Waals surface area contributed by atoms with Crippen molar-refractivity contribution >= 4 is 5.97 Å². The van der Waals surface area contributed by atoms with Crippen LogP contribution in [0.5, 0.6) is 0 Å². The Kier molecular flexibility index (Phi) is 9.69. The van der Waals surface area contributed by atoms with Crippen molar-refractivity contribution in [3.63, 3.8) is 0 Å². The van der Waals surface area contributed by atoms with Gasteiger partial charge in [0.25, 0.3) is 0 Å². The molecule has 1 saturated heterocycles. The van der Waals surface area contributed by atoms with Crippen molar-refractivity contribution in [1.29, 1.82) is 0 Å². The lowest BCUT2D eigenvalue weighted by molar-refractivity contribution is -0.144. The molecular formula is C34H44FN3O2. The van der Waals surface area contributed by atoms with Crippen molar-refractivity contribution in [2.75, 3.05) is 19.6 Å². The molecule has 3 aliphatic rings. The monoisotopic (exact) mass is 545 g/mol. The van der Waals surface area contributed by atoms with E-state index in [1.165, 1.54) is 55.5 Å². The maximum Gasteiger partial charge on any atom is 0.306 e. The van der Waals surface area contributed by atoms with Crippen LogP contribution in [0.3, 0.4) is 0 Å². The number of likely N-dealkylation sites (tertiary alicyclic amines) is 1. The number of piperidine rings is 1. The van der Waals surface area contributed by atoms with Gasteiger partial charge in [0.2, 0.25) is 0 Å². The van der Waals surface area contributed by atoms with Gasteiger partial charge in [-0.2, -0.15) is 5.10 Å². The van der Waals surface area contributed by atoms with Crippen molar-refractivity contribution in [3.05, 3.63) is 89.5 Å². The third-order valence-corrected chi connectivity index (χ3v) is 9.20. The molecule has 6 rings (SSSR count). The van der Waals surface area contributed by atoms with Gasteiger partial charge in [-0.1, -0.05) is 61.4 Å². The van der Waals surface area contributed by atoms with Crippen LogP contribution in [-0.4, -0.2) is 45.4 Å². The molecule has 1 N–H and O–H groups in total. The molecular weight excluding hydrogens is 501 g/mol. The summed E-state index contributed by atoms with van der Waals surface area (Å²) in [6.07, 6.45) is 10.2. The largest absolute Gasteiger partial charge is 0.481 e. The first kappa shape index (κ1) is 28.5. The molecule has 5 nitrogen and oxygen atoms in total. The maximum absolute atomic E-state index is 11.9. The van der Waals surface area contributed by atoms with E-state index in [0.717, 1.165) is 51.0 Å². The molecule has 2 saturated carbocycles. The van der Waals surface area contributed by atoms with E-state index in [0.29, 0.717) is 23.7 Å². The molecule has 40 heavy (non-hydrogen) atoms. The Morgan fingerprint density at radius 3 is 2.20 bits per heavy atom. The first-order valence-electron chi connectivity index (χ1n) is 15.2. The molecule has 3 fully saturated rings. The number of halogens is 1. The predicted octanol–water partition coefficient (Wildman–Crippen LogP) is 6.93. The van der Waals surface area contributed by atoms with E-state index < -0.39 is 5.97 Å². The lowest BCUT2D eigenvalue weighted by Crippen LogP contribution is -2.36. The summed E-state index contributed by atoms with van der Waals surface area (Å²) in [5.74, 6) is 1.56. The van der Waals surface area contributed by atoms with E-state index in [-0.39, 0.29) is 11.7 Å². The summed E-state index contributed by atoms with van der Waals surface area (Å²) in [7, 11) is 2.09. The zero-order valence-electron chi connectivity index (χ0n) is 23.8. The number of aliphatic carboxylic acids is 1. The van der Waals surface area contributed by atoms with Crippen molar-refractivity contribution in [1.82, 2.24) is 14.7 Å². The van der Waals surface area contributed by atoms with Gasteiger partial charge in [0.15, 0.2) is 0 Å². The second kappa shape index (κ2) is 13.6. The van der Waals surface area contributed by atoms with Crippen molar-refractivity contribution < 1.29 is 14.3 Å². The van der Waals surface area contributed by atoms with Crippen LogP contribution in [0, 0.1) is 29.5 Å². The van der Waals surface area contributed by atoms with E-state index in [9.17, 15) is 14.3 Å². The van der Waals surface area contributed by atoms with Gasteiger partial charge in [0.1, 0.15) is 5.82 Å². The van der Waals surface area contributed by atoms with Crippen LogP contribution in [-0.2, 0) is 18.3 Å². The lowest BCUT2D eigenvalue weighted by atomic mass is 9.85. The zero-order chi connectivity index (χ0) is 27.9. The van der Waals surface area contributed by atoms with E-state index in [4.69, 9.17) is 5.10 Å². The Bertz CT molecular complexity index is 1200. The molecule has 0 bridgehead atoms. The van der Waals surface area contributed by atoms with Gasteiger partial charge >= 0.3 is 5.97 Å². The number of nitrogens with zero attached hydrogens (tertiary/aromatic N) is 3. The predicted molar refractivity (Wildman–Crippen MR) is 157 cm³/mol. The highest BCUT2D eigenvalue weighted by molar-refractivity contribution is 5.70. The molecule has 1 aliphatic heterocycles. The second-order valence-electron chi connectivity index (χ2n) is 12.3. The summed E-state index contributed by atoms with van der Waals surface area (Å²) in [5, 5.41) is 14.5. The van der Waals surface area contributed by atoms with Gasteiger partial charge in [-0.3, -0.25) is 9.48 Å². The summed E-state index contributed by atoms with van der Waals surface area (Å²) in [4.78, 5) is 14.5. The molecule has 2 aliphatic carbocycles. The molecule has 6 heteroatoms. The first-order valence-corrected chi connectivity index (χ1v) is 15.2. The molecule has 3 unspecified atom stereocenters. The summed E-state index contributed by atoms with van der Waals surface area (Å²) in [5.41, 5.74) is 3.86. The van der Waals surface area contributed by atoms with Crippen LogP contribution in [0.4, 0.5) is 4.39 Å². The number of carboxylic acid groups (broad SMARTS) is 1. The summed E-state index contributed by atoms with van der Waals surface area (Å²) >= 11 is 0. The van der Waals surface area contributed by atoms with Gasteiger partial charge in [-0.25, -0.2) is 4.39 Å². The Morgan fingerprint density at radius 1 is 0.950 bits per heavy atom. The van der Waals surface area contributed by atoms with Crippen LogP contribution in [0.25, 0.3) is 0 Å². The number of carboxylic acids is 1. The number of aryl methyl sites for hydroxylation is 1. The lowest BCUT2D eigenvalue weighted by Gasteiger charge is -2.33. The number of carbonyl (C=O) groups is 1. The Labute approximate surface area is 238 Å². The number of rotatable bonds is 9. The van der Waals surface area contributed by atoms with Crippen LogP contribution in [0.2, 0.25) is 0 Å². The van der Waals surface area contributed by atoms with E-state index in [1.807, 2.05) is 0 Å². The maximum atomic E-state index is 11.9. The summed E-state index contributed by atoms with van der Waals surface area (Å²) in [6.45, 7) is 3.45. The molecule has 2 aromatic carbocycles. The van der Waals surface area contributed by atoms with E-state index in [1.54, 1.807) is 18.2 Å². The zero-order valence-corrected chi connectivity index (χ0v) is 23.8. The highest BCUT2D eigenvalue weighted by atomic mass is 19.1.